The zero-order chi connectivity index (χ0) is 17.8. The SMILES string of the molecule is Cc1ccc(NC(=O)CN2CCNCC2c2cccc(F)c2)cc1C. The van der Waals surface area contributed by atoms with Gasteiger partial charge in [-0.05, 0) is 54.8 Å². The first kappa shape index (κ1) is 17.6. The molecule has 1 aliphatic heterocycles. The van der Waals surface area contributed by atoms with Gasteiger partial charge in [0.05, 0.1) is 6.54 Å². The van der Waals surface area contributed by atoms with E-state index in [0.29, 0.717) is 6.54 Å². The smallest absolute Gasteiger partial charge is 0.238 e. The zero-order valence-electron chi connectivity index (χ0n) is 14.7. The maximum Gasteiger partial charge on any atom is 0.238 e. The maximum atomic E-state index is 13.6. The van der Waals surface area contributed by atoms with Crippen molar-refractivity contribution in [1.29, 1.82) is 0 Å². The van der Waals surface area contributed by atoms with Crippen LogP contribution in [0.2, 0.25) is 0 Å². The summed E-state index contributed by atoms with van der Waals surface area (Å²) in [5.41, 5.74) is 4.06. The Hall–Kier alpha value is -2.24. The third kappa shape index (κ3) is 4.44. The summed E-state index contributed by atoms with van der Waals surface area (Å²) < 4.78 is 13.6. The molecule has 3 rings (SSSR count). The highest BCUT2D eigenvalue weighted by molar-refractivity contribution is 5.92. The second-order valence-electron chi connectivity index (χ2n) is 6.59. The molecule has 0 bridgehead atoms. The molecule has 0 saturated carbocycles. The monoisotopic (exact) mass is 341 g/mol. The lowest BCUT2D eigenvalue weighted by Gasteiger charge is -2.36. The van der Waals surface area contributed by atoms with Gasteiger partial charge in [-0.25, -0.2) is 4.39 Å². The molecule has 2 N–H and O–H groups in total. The lowest BCUT2D eigenvalue weighted by Crippen LogP contribution is -2.48. The fourth-order valence-electron chi connectivity index (χ4n) is 3.18. The van der Waals surface area contributed by atoms with Crippen LogP contribution < -0.4 is 10.6 Å². The summed E-state index contributed by atoms with van der Waals surface area (Å²) in [7, 11) is 0. The second-order valence-corrected chi connectivity index (χ2v) is 6.59. The fourth-order valence-corrected chi connectivity index (χ4v) is 3.18. The van der Waals surface area contributed by atoms with E-state index in [0.717, 1.165) is 29.9 Å². The molecular weight excluding hydrogens is 317 g/mol. The van der Waals surface area contributed by atoms with Gasteiger partial charge in [0.2, 0.25) is 5.91 Å². The number of nitrogens with one attached hydrogen (secondary N) is 2. The van der Waals surface area contributed by atoms with Crippen molar-refractivity contribution in [2.75, 3.05) is 31.5 Å². The Bertz CT molecular complexity index is 762. The number of carbonyl (C=O) groups is 1. The molecule has 1 fully saturated rings. The summed E-state index contributed by atoms with van der Waals surface area (Å²) in [5.74, 6) is -0.297. The van der Waals surface area contributed by atoms with Gasteiger partial charge in [-0.1, -0.05) is 18.2 Å². The van der Waals surface area contributed by atoms with E-state index in [-0.39, 0.29) is 24.3 Å². The van der Waals surface area contributed by atoms with Crippen molar-refractivity contribution in [3.63, 3.8) is 0 Å². The Morgan fingerprint density at radius 3 is 2.84 bits per heavy atom. The number of halogens is 1. The van der Waals surface area contributed by atoms with E-state index in [9.17, 15) is 9.18 Å². The van der Waals surface area contributed by atoms with Crippen LogP contribution in [0.25, 0.3) is 0 Å². The molecule has 0 aliphatic carbocycles. The molecule has 1 saturated heterocycles. The van der Waals surface area contributed by atoms with Gasteiger partial charge in [-0.15, -0.1) is 0 Å². The third-order valence-electron chi connectivity index (χ3n) is 4.73. The number of hydrogen-bond acceptors (Lipinski definition) is 3. The van der Waals surface area contributed by atoms with Gasteiger partial charge in [-0.3, -0.25) is 9.69 Å². The van der Waals surface area contributed by atoms with Crippen LogP contribution in [0, 0.1) is 19.7 Å². The summed E-state index contributed by atoms with van der Waals surface area (Å²) in [4.78, 5) is 14.6. The highest BCUT2D eigenvalue weighted by Gasteiger charge is 2.25. The van der Waals surface area contributed by atoms with Gasteiger partial charge in [0.1, 0.15) is 5.82 Å². The Labute approximate surface area is 148 Å². The summed E-state index contributed by atoms with van der Waals surface area (Å²) in [6.45, 7) is 6.65. The molecule has 1 atom stereocenters. The van der Waals surface area contributed by atoms with Crippen molar-refractivity contribution in [1.82, 2.24) is 10.2 Å². The molecule has 4 nitrogen and oxygen atoms in total. The van der Waals surface area contributed by atoms with Crippen molar-refractivity contribution < 1.29 is 9.18 Å². The molecule has 0 spiro atoms. The van der Waals surface area contributed by atoms with Gasteiger partial charge in [0, 0.05) is 31.4 Å². The van der Waals surface area contributed by atoms with E-state index in [1.54, 1.807) is 12.1 Å². The number of carbonyl (C=O) groups excluding carboxylic acids is 1. The van der Waals surface area contributed by atoms with Crippen LogP contribution in [-0.4, -0.2) is 37.0 Å². The molecule has 25 heavy (non-hydrogen) atoms. The van der Waals surface area contributed by atoms with E-state index < -0.39 is 0 Å². The van der Waals surface area contributed by atoms with Crippen molar-refractivity contribution in [2.24, 2.45) is 0 Å². The number of rotatable bonds is 4. The third-order valence-corrected chi connectivity index (χ3v) is 4.73. The minimum atomic E-state index is -0.248. The molecule has 1 aliphatic rings. The fraction of sp³-hybridized carbons (Fsp3) is 0.350. The highest BCUT2D eigenvalue weighted by atomic mass is 19.1. The molecule has 5 heteroatoms. The Balaban J connectivity index is 1.68. The second kappa shape index (κ2) is 7.76. The number of amides is 1. The van der Waals surface area contributed by atoms with E-state index in [4.69, 9.17) is 0 Å². The minimum Gasteiger partial charge on any atom is -0.325 e. The molecule has 1 heterocycles. The van der Waals surface area contributed by atoms with Crippen LogP contribution in [0.3, 0.4) is 0 Å². The summed E-state index contributed by atoms with van der Waals surface area (Å²) in [6.07, 6.45) is 0. The van der Waals surface area contributed by atoms with Gasteiger partial charge in [-0.2, -0.15) is 0 Å². The Morgan fingerprint density at radius 2 is 2.08 bits per heavy atom. The van der Waals surface area contributed by atoms with Gasteiger partial charge in [0.25, 0.3) is 0 Å². The number of anilines is 1. The van der Waals surface area contributed by atoms with Gasteiger partial charge in [0.15, 0.2) is 0 Å². The van der Waals surface area contributed by atoms with E-state index in [1.165, 1.54) is 11.6 Å². The predicted molar refractivity (Wildman–Crippen MR) is 98.1 cm³/mol. The molecule has 2 aromatic rings. The first-order valence-corrected chi connectivity index (χ1v) is 8.60. The van der Waals surface area contributed by atoms with Crippen molar-refractivity contribution in [3.8, 4) is 0 Å². The quantitative estimate of drug-likeness (QED) is 0.898. The number of nitrogens with zero attached hydrogens (tertiary/aromatic N) is 1. The van der Waals surface area contributed by atoms with E-state index in [1.807, 2.05) is 38.1 Å². The number of piperazine rings is 1. The summed E-state index contributed by atoms with van der Waals surface area (Å²) in [6, 6.07) is 12.5. The van der Waals surface area contributed by atoms with Crippen LogP contribution in [0.15, 0.2) is 42.5 Å². The average Bonchev–Trinajstić information content (AvgIpc) is 2.58. The topological polar surface area (TPSA) is 44.4 Å². The van der Waals surface area contributed by atoms with Crippen molar-refractivity contribution in [3.05, 3.63) is 65.0 Å². The molecular formula is C20H24FN3O. The lowest BCUT2D eigenvalue weighted by atomic mass is 10.0. The number of hydrogen-bond donors (Lipinski definition) is 2. The number of aryl methyl sites for hydroxylation is 2. The van der Waals surface area contributed by atoms with Gasteiger partial charge < -0.3 is 10.6 Å². The molecule has 0 aromatic heterocycles. The Morgan fingerprint density at radius 1 is 1.24 bits per heavy atom. The van der Waals surface area contributed by atoms with Crippen LogP contribution in [0.1, 0.15) is 22.7 Å². The summed E-state index contributed by atoms with van der Waals surface area (Å²) in [5, 5.41) is 6.29. The Kier molecular flexibility index (Phi) is 5.46. The van der Waals surface area contributed by atoms with Crippen LogP contribution in [0.5, 0.6) is 0 Å². The predicted octanol–water partition coefficient (Wildman–Crippen LogP) is 3.03. The first-order valence-electron chi connectivity index (χ1n) is 8.60. The van der Waals surface area contributed by atoms with Crippen LogP contribution in [0.4, 0.5) is 10.1 Å². The largest absolute Gasteiger partial charge is 0.325 e. The van der Waals surface area contributed by atoms with Crippen molar-refractivity contribution in [2.45, 2.75) is 19.9 Å². The average molecular weight is 341 g/mol. The lowest BCUT2D eigenvalue weighted by molar-refractivity contribution is -0.118. The van der Waals surface area contributed by atoms with E-state index in [2.05, 4.69) is 15.5 Å². The molecule has 132 valence electrons. The normalized spacial score (nSPS) is 18.1. The minimum absolute atomic E-state index is 0.00467. The molecule has 1 unspecified atom stereocenters. The van der Waals surface area contributed by atoms with Crippen molar-refractivity contribution >= 4 is 11.6 Å². The molecule has 0 radical (unpaired) electrons. The first-order chi connectivity index (χ1) is 12.0. The molecule has 2 aromatic carbocycles. The standard InChI is InChI=1S/C20H24FN3O/c1-14-6-7-18(10-15(14)2)23-20(25)13-24-9-8-22-12-19(24)16-4-3-5-17(21)11-16/h3-7,10-11,19,22H,8-9,12-13H2,1-2H3,(H,23,25). The maximum absolute atomic E-state index is 13.6. The summed E-state index contributed by atoms with van der Waals surface area (Å²) >= 11 is 0. The number of benzene rings is 2. The van der Waals surface area contributed by atoms with Crippen LogP contribution >= 0.6 is 0 Å². The van der Waals surface area contributed by atoms with Gasteiger partial charge >= 0.3 is 0 Å². The van der Waals surface area contributed by atoms with Crippen LogP contribution in [-0.2, 0) is 4.79 Å². The molecule has 1 amide bonds. The van der Waals surface area contributed by atoms with E-state index >= 15 is 0 Å². The highest BCUT2D eigenvalue weighted by Crippen LogP contribution is 2.23. The zero-order valence-corrected chi connectivity index (χ0v) is 14.7.